The first-order valence-corrected chi connectivity index (χ1v) is 11.4. The minimum Gasteiger partial charge on any atom is -0.371 e. The van der Waals surface area contributed by atoms with Crippen molar-refractivity contribution in [1.82, 2.24) is 30.0 Å². The van der Waals surface area contributed by atoms with Gasteiger partial charge in [0.15, 0.2) is 5.82 Å². The maximum atomic E-state index is 13.5. The van der Waals surface area contributed by atoms with Crippen LogP contribution in [0, 0.1) is 17.7 Å². The number of hydrogen-bond donors (Lipinski definition) is 1. The van der Waals surface area contributed by atoms with Crippen LogP contribution in [0.15, 0.2) is 39.9 Å². The van der Waals surface area contributed by atoms with Crippen molar-refractivity contribution in [3.8, 4) is 0 Å². The Morgan fingerprint density at radius 2 is 2.03 bits per heavy atom. The zero-order chi connectivity index (χ0) is 23.3. The number of halogens is 1. The molecule has 6 rings (SSSR count). The number of fused-ring (bicyclic) bond motifs is 2. The molecule has 0 spiro atoms. The van der Waals surface area contributed by atoms with E-state index in [1.807, 2.05) is 39.0 Å². The standard InChI is InChI=1S/C20H21BFN7O2.C2H6/c1-27(2)26-21-17-18(21)23-10-29(20(17)30)9-15-24-19(25-31-15)16-13-7-28(8-14(13)16)12-5-3-4-11(22)6-12;1-2/h3-6,10,13-14,16,26H,7-9H2,1-2H3;1-2H3. The second-order valence-electron chi connectivity index (χ2n) is 8.72. The summed E-state index contributed by atoms with van der Waals surface area (Å²) in [5.41, 5.74) is 2.30. The molecule has 1 aliphatic carbocycles. The molecule has 1 aromatic carbocycles. The number of rotatable bonds is 6. The molecular formula is C22H27BFN7O2. The molecule has 172 valence electrons. The van der Waals surface area contributed by atoms with E-state index in [0.717, 1.165) is 24.4 Å². The summed E-state index contributed by atoms with van der Waals surface area (Å²) >= 11 is 0. The summed E-state index contributed by atoms with van der Waals surface area (Å²) in [6, 6.07) is 6.71. The number of aromatic nitrogens is 4. The number of hydrogen-bond acceptors (Lipinski definition) is 8. The highest BCUT2D eigenvalue weighted by Gasteiger charge is 2.58. The van der Waals surface area contributed by atoms with Crippen LogP contribution in [0.3, 0.4) is 0 Å². The Kier molecular flexibility index (Phi) is 5.53. The molecule has 9 nitrogen and oxygen atoms in total. The number of benzene rings is 1. The van der Waals surface area contributed by atoms with Gasteiger partial charge in [0.2, 0.25) is 11.4 Å². The summed E-state index contributed by atoms with van der Waals surface area (Å²) in [6.07, 6.45) is 1.53. The van der Waals surface area contributed by atoms with E-state index in [1.54, 1.807) is 12.1 Å². The molecule has 3 aliphatic rings. The second kappa shape index (κ2) is 8.38. The summed E-state index contributed by atoms with van der Waals surface area (Å²) in [6.45, 7) is 5.81. The van der Waals surface area contributed by atoms with Gasteiger partial charge in [-0.15, -0.1) is 0 Å². The minimum atomic E-state index is -0.217. The maximum absolute atomic E-state index is 13.5. The normalized spacial score (nSPS) is 22.1. The lowest BCUT2D eigenvalue weighted by Crippen LogP contribution is -2.43. The van der Waals surface area contributed by atoms with Crippen LogP contribution < -0.4 is 26.9 Å². The van der Waals surface area contributed by atoms with E-state index in [4.69, 9.17) is 4.52 Å². The lowest BCUT2D eigenvalue weighted by atomic mass is 9.82. The van der Waals surface area contributed by atoms with Gasteiger partial charge in [0.05, 0.1) is 6.33 Å². The Labute approximate surface area is 191 Å². The number of anilines is 1. The monoisotopic (exact) mass is 451 g/mol. The summed E-state index contributed by atoms with van der Waals surface area (Å²) < 4.78 is 20.4. The second-order valence-corrected chi connectivity index (χ2v) is 8.72. The van der Waals surface area contributed by atoms with Crippen LogP contribution in [0.1, 0.15) is 31.5 Å². The van der Waals surface area contributed by atoms with Gasteiger partial charge in [-0.25, -0.2) is 4.39 Å². The fourth-order valence-electron chi connectivity index (χ4n) is 4.83. The summed E-state index contributed by atoms with van der Waals surface area (Å²) in [7, 11) is 3.75. The molecule has 33 heavy (non-hydrogen) atoms. The smallest absolute Gasteiger partial charge is 0.331 e. The molecule has 2 fully saturated rings. The third-order valence-corrected chi connectivity index (χ3v) is 6.42. The first kappa shape index (κ1) is 21.8. The van der Waals surface area contributed by atoms with Crippen molar-refractivity contribution in [1.29, 1.82) is 0 Å². The van der Waals surface area contributed by atoms with Crippen molar-refractivity contribution in [3.05, 3.63) is 58.5 Å². The quantitative estimate of drug-likeness (QED) is 0.419. The highest BCUT2D eigenvalue weighted by Crippen LogP contribution is 2.57. The van der Waals surface area contributed by atoms with Gasteiger partial charge in [-0.1, -0.05) is 25.1 Å². The van der Waals surface area contributed by atoms with Gasteiger partial charge in [0.25, 0.3) is 0 Å². The SMILES string of the molecule is CC.CN(C)NB1c2ncn(Cc3nc(C4C5CN(c6cccc(F)c6)CC54)no3)c(=O)c21. The van der Waals surface area contributed by atoms with E-state index in [-0.39, 0.29) is 30.7 Å². The van der Waals surface area contributed by atoms with E-state index in [2.05, 4.69) is 25.4 Å². The largest absolute Gasteiger partial charge is 0.371 e. The Bertz CT molecular complexity index is 1220. The molecule has 11 heteroatoms. The van der Waals surface area contributed by atoms with Crippen LogP contribution >= 0.6 is 0 Å². The van der Waals surface area contributed by atoms with Gasteiger partial charge >= 0.3 is 6.85 Å². The summed E-state index contributed by atoms with van der Waals surface area (Å²) in [5, 5.41) is 9.14. The first-order valence-electron chi connectivity index (χ1n) is 11.4. The lowest BCUT2D eigenvalue weighted by molar-refractivity contribution is 0.363. The number of nitrogens with zero attached hydrogens (tertiary/aromatic N) is 6. The minimum absolute atomic E-state index is 0.0851. The van der Waals surface area contributed by atoms with Crippen LogP contribution in [0.25, 0.3) is 0 Å². The average Bonchev–Trinajstić information content (AvgIpc) is 3.50. The zero-order valence-corrected chi connectivity index (χ0v) is 19.2. The Morgan fingerprint density at radius 1 is 1.27 bits per heavy atom. The molecule has 2 aromatic heterocycles. The lowest BCUT2D eigenvalue weighted by Gasteiger charge is -2.21. The fraction of sp³-hybridized carbons (Fsp3) is 0.455. The van der Waals surface area contributed by atoms with Crippen LogP contribution in [0.4, 0.5) is 10.1 Å². The maximum Gasteiger partial charge on any atom is 0.331 e. The number of piperidine rings is 1. The zero-order valence-electron chi connectivity index (χ0n) is 19.2. The number of hydrazine groups is 1. The van der Waals surface area contributed by atoms with Gasteiger partial charge in [0.1, 0.15) is 12.4 Å². The van der Waals surface area contributed by atoms with Crippen molar-refractivity contribution < 1.29 is 8.91 Å². The number of nitrogens with one attached hydrogen (secondary N) is 1. The molecule has 2 aliphatic heterocycles. The van der Waals surface area contributed by atoms with Gasteiger partial charge in [-0.2, -0.15) is 4.98 Å². The van der Waals surface area contributed by atoms with E-state index in [0.29, 0.717) is 29.0 Å². The van der Waals surface area contributed by atoms with E-state index < -0.39 is 0 Å². The van der Waals surface area contributed by atoms with Gasteiger partial charge in [0, 0.05) is 49.8 Å². The Balaban J connectivity index is 0.00000111. The Hall–Kier alpha value is -3.05. The molecule has 1 N–H and O–H groups in total. The highest BCUT2D eigenvalue weighted by molar-refractivity contribution is 6.99. The predicted octanol–water partition coefficient (Wildman–Crippen LogP) is 0.175. The van der Waals surface area contributed by atoms with Gasteiger partial charge < -0.3 is 9.42 Å². The van der Waals surface area contributed by atoms with E-state index in [1.165, 1.54) is 17.0 Å². The molecule has 2 atom stereocenters. The molecule has 1 saturated heterocycles. The molecule has 3 aromatic rings. The average molecular weight is 451 g/mol. The predicted molar refractivity (Wildman–Crippen MR) is 123 cm³/mol. The third-order valence-electron chi connectivity index (χ3n) is 6.42. The molecule has 4 heterocycles. The highest BCUT2D eigenvalue weighted by atomic mass is 19.1. The third kappa shape index (κ3) is 3.95. The van der Waals surface area contributed by atoms with Crippen LogP contribution in [-0.4, -0.2) is 58.7 Å². The van der Waals surface area contributed by atoms with Crippen molar-refractivity contribution in [3.63, 3.8) is 0 Å². The van der Waals surface area contributed by atoms with E-state index >= 15 is 0 Å². The molecule has 0 radical (unpaired) electrons. The van der Waals surface area contributed by atoms with Crippen molar-refractivity contribution in [2.45, 2.75) is 26.3 Å². The van der Waals surface area contributed by atoms with Crippen molar-refractivity contribution in [2.75, 3.05) is 32.1 Å². The molecular weight excluding hydrogens is 424 g/mol. The van der Waals surface area contributed by atoms with Crippen molar-refractivity contribution in [2.24, 2.45) is 11.8 Å². The van der Waals surface area contributed by atoms with Crippen molar-refractivity contribution >= 4 is 23.6 Å². The van der Waals surface area contributed by atoms with Gasteiger partial charge in [-0.05, 0) is 30.0 Å². The molecule has 1 saturated carbocycles. The van der Waals surface area contributed by atoms with E-state index in [9.17, 15) is 9.18 Å². The van der Waals surface area contributed by atoms with Crippen LogP contribution in [0.2, 0.25) is 0 Å². The summed E-state index contributed by atoms with van der Waals surface area (Å²) in [5.74, 6) is 2.05. The first-order chi connectivity index (χ1) is 16.0. The van der Waals surface area contributed by atoms with Gasteiger partial charge in [-0.3, -0.25) is 24.7 Å². The summed E-state index contributed by atoms with van der Waals surface area (Å²) in [4.78, 5) is 23.8. The topological polar surface area (TPSA) is 92.3 Å². The molecule has 2 unspecified atom stereocenters. The fourth-order valence-corrected chi connectivity index (χ4v) is 4.83. The van der Waals surface area contributed by atoms with Crippen LogP contribution in [0.5, 0.6) is 0 Å². The Morgan fingerprint density at radius 3 is 2.73 bits per heavy atom. The molecule has 0 bridgehead atoms. The molecule has 0 amide bonds. The van der Waals surface area contributed by atoms with Crippen LogP contribution in [-0.2, 0) is 6.54 Å².